The number of rotatable bonds is 6. The Balaban J connectivity index is 1.64. The summed E-state index contributed by atoms with van der Waals surface area (Å²) < 4.78 is 7.27. The molecule has 0 aliphatic carbocycles. The van der Waals surface area contributed by atoms with Crippen LogP contribution in [0.25, 0.3) is 0 Å². The van der Waals surface area contributed by atoms with E-state index in [0.717, 1.165) is 36.8 Å². The van der Waals surface area contributed by atoms with Crippen molar-refractivity contribution in [2.75, 3.05) is 27.2 Å². The number of pyridine rings is 1. The first-order valence-electron chi connectivity index (χ1n) is 8.49. The van der Waals surface area contributed by atoms with Gasteiger partial charge in [0.15, 0.2) is 0 Å². The molecule has 2 aromatic rings. The molecule has 3 heterocycles. The van der Waals surface area contributed by atoms with E-state index in [2.05, 4.69) is 33.4 Å². The largest absolute Gasteiger partial charge is 0.481 e. The number of ether oxygens (including phenoxy) is 1. The Labute approximate surface area is 143 Å². The monoisotopic (exact) mass is 329 g/mol. The Morgan fingerprint density at radius 1 is 1.38 bits per heavy atom. The molecular formula is C18H27N5O. The predicted octanol–water partition coefficient (Wildman–Crippen LogP) is 1.91. The van der Waals surface area contributed by atoms with Gasteiger partial charge in [-0.25, -0.2) is 4.68 Å². The quantitative estimate of drug-likeness (QED) is 0.877. The van der Waals surface area contributed by atoms with Crippen LogP contribution in [-0.2, 0) is 13.6 Å². The Morgan fingerprint density at radius 2 is 2.21 bits per heavy atom. The Morgan fingerprint density at radius 3 is 2.92 bits per heavy atom. The molecule has 1 aliphatic rings. The van der Waals surface area contributed by atoms with Crippen molar-refractivity contribution in [3.8, 4) is 5.88 Å². The third kappa shape index (κ3) is 3.30. The molecular weight excluding hydrogens is 302 g/mol. The van der Waals surface area contributed by atoms with Crippen LogP contribution < -0.4 is 10.1 Å². The first-order chi connectivity index (χ1) is 11.6. The highest BCUT2D eigenvalue weighted by Crippen LogP contribution is 2.35. The van der Waals surface area contributed by atoms with E-state index in [0.29, 0.717) is 12.0 Å². The number of hydrogen-bond donors (Lipinski definition) is 1. The SMILES string of the molecule is COc1c(CNC[C@@H]2CCN(C)[C@H]2c2cccnc2)c(C)nn1C. The fourth-order valence-corrected chi connectivity index (χ4v) is 3.84. The van der Waals surface area contributed by atoms with Crippen LogP contribution in [0, 0.1) is 12.8 Å². The van der Waals surface area contributed by atoms with E-state index in [4.69, 9.17) is 4.74 Å². The van der Waals surface area contributed by atoms with Gasteiger partial charge in [-0.15, -0.1) is 0 Å². The summed E-state index contributed by atoms with van der Waals surface area (Å²) in [6.07, 6.45) is 5.03. The fourth-order valence-electron chi connectivity index (χ4n) is 3.84. The van der Waals surface area contributed by atoms with Crippen molar-refractivity contribution in [3.63, 3.8) is 0 Å². The Hall–Kier alpha value is -1.92. The molecule has 130 valence electrons. The number of aromatic nitrogens is 3. The van der Waals surface area contributed by atoms with Crippen LogP contribution in [0.5, 0.6) is 5.88 Å². The number of hydrogen-bond acceptors (Lipinski definition) is 5. The standard InChI is InChI=1S/C18H27N5O/c1-13-16(18(24-4)23(3)21-13)12-20-11-15-7-9-22(2)17(15)14-6-5-8-19-10-14/h5-6,8,10,15,17,20H,7,9,11-12H2,1-4H3/t15-,17-/m0/s1. The predicted molar refractivity (Wildman–Crippen MR) is 93.9 cm³/mol. The maximum absolute atomic E-state index is 5.47. The molecule has 2 aromatic heterocycles. The van der Waals surface area contributed by atoms with E-state index in [1.165, 1.54) is 12.0 Å². The molecule has 0 radical (unpaired) electrons. The van der Waals surface area contributed by atoms with Crippen LogP contribution in [-0.4, -0.2) is 46.9 Å². The van der Waals surface area contributed by atoms with Gasteiger partial charge in [-0.1, -0.05) is 6.07 Å². The van der Waals surface area contributed by atoms with Crippen LogP contribution in [0.4, 0.5) is 0 Å². The van der Waals surface area contributed by atoms with Gasteiger partial charge in [0.25, 0.3) is 0 Å². The van der Waals surface area contributed by atoms with E-state index >= 15 is 0 Å². The third-order valence-electron chi connectivity index (χ3n) is 4.99. The molecule has 6 heteroatoms. The fraction of sp³-hybridized carbons (Fsp3) is 0.556. The second-order valence-corrected chi connectivity index (χ2v) is 6.59. The summed E-state index contributed by atoms with van der Waals surface area (Å²) >= 11 is 0. The summed E-state index contributed by atoms with van der Waals surface area (Å²) in [6, 6.07) is 4.64. The van der Waals surface area contributed by atoms with Crippen molar-refractivity contribution in [1.29, 1.82) is 0 Å². The van der Waals surface area contributed by atoms with Gasteiger partial charge in [0.2, 0.25) is 5.88 Å². The van der Waals surface area contributed by atoms with Gasteiger partial charge in [-0.3, -0.25) is 9.88 Å². The molecule has 1 saturated heterocycles. The van der Waals surface area contributed by atoms with Crippen molar-refractivity contribution in [2.45, 2.75) is 25.9 Å². The average Bonchev–Trinajstić information content (AvgIpc) is 3.08. The third-order valence-corrected chi connectivity index (χ3v) is 4.99. The van der Waals surface area contributed by atoms with Gasteiger partial charge < -0.3 is 10.1 Å². The summed E-state index contributed by atoms with van der Waals surface area (Å²) in [4.78, 5) is 6.72. The van der Waals surface area contributed by atoms with Crippen molar-refractivity contribution in [3.05, 3.63) is 41.3 Å². The highest BCUT2D eigenvalue weighted by Gasteiger charge is 2.32. The van der Waals surface area contributed by atoms with E-state index in [1.807, 2.05) is 32.4 Å². The van der Waals surface area contributed by atoms with E-state index in [9.17, 15) is 0 Å². The van der Waals surface area contributed by atoms with Gasteiger partial charge in [-0.2, -0.15) is 5.10 Å². The zero-order valence-electron chi connectivity index (χ0n) is 15.0. The summed E-state index contributed by atoms with van der Waals surface area (Å²) in [5.41, 5.74) is 3.47. The van der Waals surface area contributed by atoms with Gasteiger partial charge in [0.05, 0.1) is 18.4 Å². The smallest absolute Gasteiger partial charge is 0.216 e. The maximum atomic E-state index is 5.47. The second kappa shape index (κ2) is 7.32. The van der Waals surface area contributed by atoms with Gasteiger partial charge in [-0.05, 0) is 44.5 Å². The van der Waals surface area contributed by atoms with Crippen LogP contribution >= 0.6 is 0 Å². The zero-order valence-corrected chi connectivity index (χ0v) is 15.0. The van der Waals surface area contributed by atoms with Crippen molar-refractivity contribution >= 4 is 0 Å². The van der Waals surface area contributed by atoms with E-state index < -0.39 is 0 Å². The molecule has 1 N–H and O–H groups in total. The Kier molecular flexibility index (Phi) is 5.16. The molecule has 0 unspecified atom stereocenters. The highest BCUT2D eigenvalue weighted by atomic mass is 16.5. The van der Waals surface area contributed by atoms with Crippen molar-refractivity contribution < 1.29 is 4.74 Å². The molecule has 1 aliphatic heterocycles. The van der Waals surface area contributed by atoms with Crippen molar-refractivity contribution in [1.82, 2.24) is 25.0 Å². The average molecular weight is 329 g/mol. The van der Waals surface area contributed by atoms with Crippen LogP contribution in [0.2, 0.25) is 0 Å². The minimum atomic E-state index is 0.433. The summed E-state index contributed by atoms with van der Waals surface area (Å²) in [7, 11) is 5.82. The second-order valence-electron chi connectivity index (χ2n) is 6.59. The number of aryl methyl sites for hydroxylation is 2. The summed E-state index contributed by atoms with van der Waals surface area (Å²) in [6.45, 7) is 4.91. The molecule has 0 spiro atoms. The topological polar surface area (TPSA) is 55.2 Å². The molecule has 0 amide bonds. The zero-order chi connectivity index (χ0) is 17.1. The highest BCUT2D eigenvalue weighted by molar-refractivity contribution is 5.30. The first kappa shape index (κ1) is 16.9. The lowest BCUT2D eigenvalue weighted by atomic mass is 9.94. The van der Waals surface area contributed by atoms with Gasteiger partial charge >= 0.3 is 0 Å². The lowest BCUT2D eigenvalue weighted by molar-refractivity contribution is 0.271. The Bertz CT molecular complexity index is 670. The number of nitrogens with zero attached hydrogens (tertiary/aromatic N) is 4. The minimum Gasteiger partial charge on any atom is -0.481 e. The maximum Gasteiger partial charge on any atom is 0.216 e. The lowest BCUT2D eigenvalue weighted by Crippen LogP contribution is -2.28. The normalized spacial score (nSPS) is 21.3. The van der Waals surface area contributed by atoms with Gasteiger partial charge in [0.1, 0.15) is 0 Å². The summed E-state index contributed by atoms with van der Waals surface area (Å²) in [5, 5.41) is 8.05. The molecule has 0 saturated carbocycles. The molecule has 6 nitrogen and oxygen atoms in total. The lowest BCUT2D eigenvalue weighted by Gasteiger charge is -2.25. The van der Waals surface area contributed by atoms with E-state index in [-0.39, 0.29) is 0 Å². The van der Waals surface area contributed by atoms with Crippen molar-refractivity contribution in [2.24, 2.45) is 13.0 Å². The minimum absolute atomic E-state index is 0.433. The molecule has 24 heavy (non-hydrogen) atoms. The van der Waals surface area contributed by atoms with E-state index in [1.54, 1.807) is 11.8 Å². The summed E-state index contributed by atoms with van der Waals surface area (Å²) in [5.74, 6) is 1.43. The number of nitrogens with one attached hydrogen (secondary N) is 1. The number of likely N-dealkylation sites (tertiary alicyclic amines) is 1. The molecule has 1 fully saturated rings. The van der Waals surface area contributed by atoms with Crippen LogP contribution in [0.3, 0.4) is 0 Å². The molecule has 0 aromatic carbocycles. The molecule has 2 atom stereocenters. The van der Waals surface area contributed by atoms with Crippen LogP contribution in [0.15, 0.2) is 24.5 Å². The van der Waals surface area contributed by atoms with Gasteiger partial charge in [0, 0.05) is 38.6 Å². The van der Waals surface area contributed by atoms with Crippen LogP contribution in [0.1, 0.15) is 29.3 Å². The number of methoxy groups -OCH3 is 1. The molecule has 0 bridgehead atoms. The molecule has 3 rings (SSSR count). The first-order valence-corrected chi connectivity index (χ1v) is 8.49.